The second-order valence-corrected chi connectivity index (χ2v) is 7.61. The summed E-state index contributed by atoms with van der Waals surface area (Å²) in [4.78, 5) is 30.7. The lowest BCUT2D eigenvalue weighted by molar-refractivity contribution is 0.0166. The average Bonchev–Trinajstić information content (AvgIpc) is 2.80. The van der Waals surface area contributed by atoms with E-state index >= 15 is 0 Å². The molecule has 0 saturated heterocycles. The van der Waals surface area contributed by atoms with Crippen LogP contribution < -0.4 is 0 Å². The maximum absolute atomic E-state index is 14.7. The molecule has 3 rings (SSSR count). The van der Waals surface area contributed by atoms with Crippen LogP contribution >= 0.6 is 0 Å². The molecule has 0 bridgehead atoms. The monoisotopic (exact) mass is 461 g/mol. The molecular formula is C23H23F4N5O. The molecule has 33 heavy (non-hydrogen) atoms. The molecule has 0 fully saturated rings. The predicted molar refractivity (Wildman–Crippen MR) is 113 cm³/mol. The maximum Gasteiger partial charge on any atom is 0.273 e. The lowest BCUT2D eigenvalue weighted by Crippen LogP contribution is -2.39. The minimum absolute atomic E-state index is 0.0559. The number of hydrogen-bond donors (Lipinski definition) is 0. The van der Waals surface area contributed by atoms with Gasteiger partial charge >= 0.3 is 0 Å². The van der Waals surface area contributed by atoms with Gasteiger partial charge in [0.25, 0.3) is 11.8 Å². The summed E-state index contributed by atoms with van der Waals surface area (Å²) in [6.07, 6.45) is 5.70. The van der Waals surface area contributed by atoms with E-state index in [0.717, 1.165) is 25.4 Å². The molecule has 10 heteroatoms. The van der Waals surface area contributed by atoms with Crippen LogP contribution in [-0.4, -0.2) is 43.3 Å². The molecule has 0 radical (unpaired) electrons. The Morgan fingerprint density at radius 3 is 2.30 bits per heavy atom. The van der Waals surface area contributed by atoms with Gasteiger partial charge in [0.15, 0.2) is 17.5 Å². The number of carbonyl (C=O) groups excluding carboxylic acids is 1. The van der Waals surface area contributed by atoms with Gasteiger partial charge in [-0.15, -0.1) is 0 Å². The van der Waals surface area contributed by atoms with Crippen LogP contribution in [0, 0.1) is 11.6 Å². The Morgan fingerprint density at radius 1 is 1.09 bits per heavy atom. The van der Waals surface area contributed by atoms with Gasteiger partial charge < -0.3 is 4.90 Å². The third-order valence-electron chi connectivity index (χ3n) is 5.25. The third-order valence-corrected chi connectivity index (χ3v) is 5.25. The van der Waals surface area contributed by atoms with Crippen molar-refractivity contribution in [3.8, 4) is 11.4 Å². The van der Waals surface area contributed by atoms with E-state index < -0.39 is 23.5 Å². The molecule has 1 atom stereocenters. The van der Waals surface area contributed by atoms with Crippen molar-refractivity contribution >= 4 is 5.91 Å². The smallest absolute Gasteiger partial charge is 0.273 e. The third kappa shape index (κ3) is 5.50. The molecular weight excluding hydrogens is 438 g/mol. The van der Waals surface area contributed by atoms with E-state index in [-0.39, 0.29) is 28.6 Å². The summed E-state index contributed by atoms with van der Waals surface area (Å²) < 4.78 is 55.3. The molecule has 0 aliphatic carbocycles. The average molecular weight is 461 g/mol. The van der Waals surface area contributed by atoms with Gasteiger partial charge in [0, 0.05) is 50.7 Å². The van der Waals surface area contributed by atoms with Crippen LogP contribution in [0.4, 0.5) is 17.6 Å². The minimum Gasteiger partial charge on any atom is -0.336 e. The molecule has 1 aromatic carbocycles. The van der Waals surface area contributed by atoms with Gasteiger partial charge in [-0.05, 0) is 38.5 Å². The molecule has 174 valence electrons. The van der Waals surface area contributed by atoms with Crippen molar-refractivity contribution in [2.45, 2.75) is 45.6 Å². The number of nitrogens with zero attached hydrogens (tertiary/aromatic N) is 5. The summed E-state index contributed by atoms with van der Waals surface area (Å²) in [5.41, 5.74) is -0.635. The fraction of sp³-hybridized carbons (Fsp3) is 0.348. The zero-order valence-electron chi connectivity index (χ0n) is 18.4. The first-order valence-corrected chi connectivity index (χ1v) is 10.4. The summed E-state index contributed by atoms with van der Waals surface area (Å²) in [5.74, 6) is -5.57. The van der Waals surface area contributed by atoms with Gasteiger partial charge in [0.1, 0.15) is 5.82 Å². The number of carbonyl (C=O) groups is 1. The van der Waals surface area contributed by atoms with Crippen LogP contribution in [0.5, 0.6) is 0 Å². The number of aromatic nitrogens is 4. The van der Waals surface area contributed by atoms with Crippen molar-refractivity contribution < 1.29 is 22.4 Å². The number of hydrogen-bond acceptors (Lipinski definition) is 5. The summed E-state index contributed by atoms with van der Waals surface area (Å²) in [6.45, 7) is 4.64. The van der Waals surface area contributed by atoms with Gasteiger partial charge in [-0.3, -0.25) is 4.79 Å². The number of halogens is 4. The van der Waals surface area contributed by atoms with Crippen LogP contribution in [0.15, 0.2) is 43.0 Å². The molecule has 0 aliphatic heterocycles. The highest BCUT2D eigenvalue weighted by molar-refractivity contribution is 6.00. The molecule has 3 aromatic rings. The van der Waals surface area contributed by atoms with Gasteiger partial charge in [-0.25, -0.2) is 37.5 Å². The highest BCUT2D eigenvalue weighted by atomic mass is 19.3. The maximum atomic E-state index is 14.7. The van der Waals surface area contributed by atoms with Crippen molar-refractivity contribution in [2.75, 3.05) is 6.54 Å². The van der Waals surface area contributed by atoms with Crippen LogP contribution in [0.3, 0.4) is 0 Å². The zero-order valence-corrected chi connectivity index (χ0v) is 18.4. The van der Waals surface area contributed by atoms with Crippen LogP contribution in [0.25, 0.3) is 11.4 Å². The van der Waals surface area contributed by atoms with Crippen molar-refractivity contribution in [1.29, 1.82) is 0 Å². The Labute approximate surface area is 188 Å². The van der Waals surface area contributed by atoms with Crippen molar-refractivity contribution in [2.24, 2.45) is 0 Å². The van der Waals surface area contributed by atoms with E-state index in [0.29, 0.717) is 25.2 Å². The molecule has 0 aliphatic rings. The summed E-state index contributed by atoms with van der Waals surface area (Å²) >= 11 is 0. The topological polar surface area (TPSA) is 71.9 Å². The molecule has 0 N–H and O–H groups in total. The zero-order chi connectivity index (χ0) is 24.2. The van der Waals surface area contributed by atoms with Gasteiger partial charge in [-0.2, -0.15) is 0 Å². The molecule has 0 saturated carbocycles. The molecule has 2 heterocycles. The standard InChI is InChI=1S/C23H23F4N5O/c1-4-32(14(2)6-9-18-30-12-15(13-31-18)23(3,26)27)22(33)16-7-8-17(24)20(25)19(16)21-28-10-5-11-29-21/h5,7-8,10-14H,4,6,9H2,1-3H3/t14-/m0/s1. The Balaban J connectivity index is 1.81. The van der Waals surface area contributed by atoms with Gasteiger partial charge in [0.2, 0.25) is 0 Å². The van der Waals surface area contributed by atoms with E-state index in [1.54, 1.807) is 13.8 Å². The molecule has 1 amide bonds. The summed E-state index contributed by atoms with van der Waals surface area (Å²) in [7, 11) is 0. The first-order chi connectivity index (χ1) is 15.6. The SMILES string of the molecule is CCN(C(=O)c1ccc(F)c(F)c1-c1ncccn1)[C@@H](C)CCc1ncc(C(C)(F)F)cn1. The number of alkyl halides is 2. The van der Waals surface area contributed by atoms with Gasteiger partial charge in [0.05, 0.1) is 16.7 Å². The number of aryl methyl sites for hydroxylation is 1. The number of rotatable bonds is 8. The number of amides is 1. The Kier molecular flexibility index (Phi) is 7.35. The van der Waals surface area contributed by atoms with Gasteiger partial charge in [-0.1, -0.05) is 0 Å². The number of benzene rings is 1. The Hall–Kier alpha value is -3.43. The highest BCUT2D eigenvalue weighted by Gasteiger charge is 2.28. The van der Waals surface area contributed by atoms with E-state index in [1.807, 2.05) is 0 Å². The quantitative estimate of drug-likeness (QED) is 0.451. The van der Waals surface area contributed by atoms with E-state index in [4.69, 9.17) is 0 Å². The molecule has 6 nitrogen and oxygen atoms in total. The largest absolute Gasteiger partial charge is 0.336 e. The normalized spacial score (nSPS) is 12.5. The highest BCUT2D eigenvalue weighted by Crippen LogP contribution is 2.28. The minimum atomic E-state index is -3.03. The summed E-state index contributed by atoms with van der Waals surface area (Å²) in [6, 6.07) is 3.32. The Morgan fingerprint density at radius 2 is 1.73 bits per heavy atom. The molecule has 2 aromatic heterocycles. The molecule has 0 spiro atoms. The lowest BCUT2D eigenvalue weighted by Gasteiger charge is -2.29. The van der Waals surface area contributed by atoms with E-state index in [1.165, 1.54) is 29.4 Å². The first kappa shape index (κ1) is 24.2. The second-order valence-electron chi connectivity index (χ2n) is 7.61. The summed E-state index contributed by atoms with van der Waals surface area (Å²) in [5, 5.41) is 0. The van der Waals surface area contributed by atoms with Crippen LogP contribution in [0.1, 0.15) is 48.9 Å². The Bertz CT molecular complexity index is 1100. The van der Waals surface area contributed by atoms with Crippen molar-refractivity contribution in [1.82, 2.24) is 24.8 Å². The van der Waals surface area contributed by atoms with Crippen molar-refractivity contribution in [3.05, 3.63) is 71.6 Å². The predicted octanol–water partition coefficient (Wildman–Crippen LogP) is 4.81. The second kappa shape index (κ2) is 10.0. The van der Waals surface area contributed by atoms with Crippen molar-refractivity contribution in [3.63, 3.8) is 0 Å². The van der Waals surface area contributed by atoms with Crippen LogP contribution in [0.2, 0.25) is 0 Å². The fourth-order valence-corrected chi connectivity index (χ4v) is 3.39. The van der Waals surface area contributed by atoms with Crippen LogP contribution in [-0.2, 0) is 12.3 Å². The first-order valence-electron chi connectivity index (χ1n) is 10.4. The fourth-order valence-electron chi connectivity index (χ4n) is 3.39. The molecule has 0 unspecified atom stereocenters. The van der Waals surface area contributed by atoms with E-state index in [2.05, 4.69) is 19.9 Å². The van der Waals surface area contributed by atoms with E-state index in [9.17, 15) is 22.4 Å². The lowest BCUT2D eigenvalue weighted by atomic mass is 10.0.